The van der Waals surface area contributed by atoms with E-state index in [0.29, 0.717) is 17.8 Å². The van der Waals surface area contributed by atoms with Crippen molar-refractivity contribution in [3.05, 3.63) is 35.4 Å². The highest BCUT2D eigenvalue weighted by molar-refractivity contribution is 6.02. The minimum atomic E-state index is -1.11. The van der Waals surface area contributed by atoms with Crippen LogP contribution in [0.25, 0.3) is 0 Å². The lowest BCUT2D eigenvalue weighted by Crippen LogP contribution is -2.36. The van der Waals surface area contributed by atoms with Crippen LogP contribution in [-0.2, 0) is 4.74 Å². The van der Waals surface area contributed by atoms with Gasteiger partial charge in [0.25, 0.3) is 0 Å². The fourth-order valence-electron chi connectivity index (χ4n) is 3.30. The van der Waals surface area contributed by atoms with E-state index in [4.69, 9.17) is 4.74 Å². The van der Waals surface area contributed by atoms with Gasteiger partial charge in [-0.2, -0.15) is 0 Å². The summed E-state index contributed by atoms with van der Waals surface area (Å²) in [4.78, 5) is 23.7. The van der Waals surface area contributed by atoms with Gasteiger partial charge in [0.1, 0.15) is 6.10 Å². The summed E-state index contributed by atoms with van der Waals surface area (Å²) in [7, 11) is 0. The molecule has 1 N–H and O–H groups in total. The van der Waals surface area contributed by atoms with Crippen molar-refractivity contribution in [1.82, 2.24) is 0 Å². The number of carbonyl (C=O) groups excluding carboxylic acids is 1. The van der Waals surface area contributed by atoms with Crippen LogP contribution in [0.5, 0.6) is 0 Å². The van der Waals surface area contributed by atoms with Crippen LogP contribution < -0.4 is 0 Å². The molecule has 1 aliphatic rings. The van der Waals surface area contributed by atoms with Crippen LogP contribution in [0.1, 0.15) is 60.7 Å². The molecule has 0 heterocycles. The van der Waals surface area contributed by atoms with Gasteiger partial charge in [-0.3, -0.25) is 0 Å². The van der Waals surface area contributed by atoms with Gasteiger partial charge < -0.3 is 9.84 Å². The van der Waals surface area contributed by atoms with Crippen molar-refractivity contribution < 1.29 is 19.4 Å². The van der Waals surface area contributed by atoms with E-state index in [9.17, 15) is 14.7 Å². The first kappa shape index (κ1) is 16.5. The Kier molecular flexibility index (Phi) is 5.22. The zero-order valence-corrected chi connectivity index (χ0v) is 13.4. The molecule has 1 aromatic rings. The Hall–Kier alpha value is -1.84. The number of aromatic carboxylic acids is 1. The minimum absolute atomic E-state index is 0.00236. The second-order valence-electron chi connectivity index (χ2n) is 6.62. The molecule has 4 nitrogen and oxygen atoms in total. The third-order valence-corrected chi connectivity index (χ3v) is 4.60. The Balaban J connectivity index is 2.18. The first-order chi connectivity index (χ1) is 10.4. The number of carbonyl (C=O) groups is 2. The highest BCUT2D eigenvalue weighted by Crippen LogP contribution is 2.35. The Morgan fingerprint density at radius 3 is 2.41 bits per heavy atom. The van der Waals surface area contributed by atoms with Gasteiger partial charge in [0.15, 0.2) is 0 Å². The first-order valence-electron chi connectivity index (χ1n) is 7.93. The number of benzene rings is 1. The van der Waals surface area contributed by atoms with E-state index in [-0.39, 0.29) is 17.2 Å². The maximum Gasteiger partial charge on any atom is 0.339 e. The van der Waals surface area contributed by atoms with E-state index in [1.54, 1.807) is 12.1 Å². The predicted molar refractivity (Wildman–Crippen MR) is 83.9 cm³/mol. The van der Waals surface area contributed by atoms with Gasteiger partial charge in [0.2, 0.25) is 0 Å². The molecule has 1 saturated carbocycles. The first-order valence-corrected chi connectivity index (χ1v) is 7.93. The second kappa shape index (κ2) is 6.95. The SMILES string of the molecule is CC(C)[C@@H]1CC[C@@H](C)C[C@@H]1OC(=O)c1ccccc1C(=O)O. The van der Waals surface area contributed by atoms with E-state index < -0.39 is 11.9 Å². The van der Waals surface area contributed by atoms with Crippen molar-refractivity contribution >= 4 is 11.9 Å². The van der Waals surface area contributed by atoms with Gasteiger partial charge >= 0.3 is 11.9 Å². The highest BCUT2D eigenvalue weighted by Gasteiger charge is 2.34. The molecule has 3 atom stereocenters. The van der Waals surface area contributed by atoms with Gasteiger partial charge in [-0.25, -0.2) is 9.59 Å². The normalized spacial score (nSPS) is 25.0. The largest absolute Gasteiger partial charge is 0.478 e. The molecule has 22 heavy (non-hydrogen) atoms. The van der Waals surface area contributed by atoms with Crippen LogP contribution in [0, 0.1) is 17.8 Å². The molecule has 1 aromatic carbocycles. The van der Waals surface area contributed by atoms with Crippen molar-refractivity contribution in [2.45, 2.75) is 46.1 Å². The zero-order valence-electron chi connectivity index (χ0n) is 13.4. The zero-order chi connectivity index (χ0) is 16.3. The summed E-state index contributed by atoms with van der Waals surface area (Å²) in [5, 5.41) is 9.19. The summed E-state index contributed by atoms with van der Waals surface area (Å²) < 4.78 is 5.71. The van der Waals surface area contributed by atoms with Crippen molar-refractivity contribution in [1.29, 1.82) is 0 Å². The summed E-state index contributed by atoms with van der Waals surface area (Å²) in [6, 6.07) is 6.22. The topological polar surface area (TPSA) is 63.6 Å². The number of carboxylic acid groups (broad SMARTS) is 1. The van der Waals surface area contributed by atoms with E-state index in [2.05, 4.69) is 20.8 Å². The van der Waals surface area contributed by atoms with Crippen LogP contribution in [-0.4, -0.2) is 23.1 Å². The van der Waals surface area contributed by atoms with Gasteiger partial charge in [-0.1, -0.05) is 39.3 Å². The van der Waals surface area contributed by atoms with Crippen LogP contribution in [0.4, 0.5) is 0 Å². The molecular formula is C18H24O4. The number of rotatable bonds is 4. The average Bonchev–Trinajstić information content (AvgIpc) is 2.46. The third-order valence-electron chi connectivity index (χ3n) is 4.60. The van der Waals surface area contributed by atoms with Gasteiger partial charge in [-0.15, -0.1) is 0 Å². The van der Waals surface area contributed by atoms with E-state index in [0.717, 1.165) is 19.3 Å². The number of hydrogen-bond donors (Lipinski definition) is 1. The molecule has 0 bridgehead atoms. The lowest BCUT2D eigenvalue weighted by Gasteiger charge is -2.36. The molecule has 2 rings (SSSR count). The smallest absolute Gasteiger partial charge is 0.339 e. The lowest BCUT2D eigenvalue weighted by molar-refractivity contribution is -0.0176. The Morgan fingerprint density at radius 1 is 1.18 bits per heavy atom. The minimum Gasteiger partial charge on any atom is -0.478 e. The maximum atomic E-state index is 12.4. The number of ether oxygens (including phenoxy) is 1. The van der Waals surface area contributed by atoms with Gasteiger partial charge in [0, 0.05) is 0 Å². The molecule has 0 spiro atoms. The molecule has 120 valence electrons. The van der Waals surface area contributed by atoms with Gasteiger partial charge in [0.05, 0.1) is 11.1 Å². The monoisotopic (exact) mass is 304 g/mol. The molecule has 0 unspecified atom stereocenters. The quantitative estimate of drug-likeness (QED) is 0.854. The molecule has 1 aliphatic carbocycles. The van der Waals surface area contributed by atoms with Gasteiger partial charge in [-0.05, 0) is 42.7 Å². The fourth-order valence-corrected chi connectivity index (χ4v) is 3.30. The van der Waals surface area contributed by atoms with E-state index >= 15 is 0 Å². The molecule has 1 fully saturated rings. The summed E-state index contributed by atoms with van der Waals surface area (Å²) >= 11 is 0. The molecule has 4 heteroatoms. The van der Waals surface area contributed by atoms with E-state index in [1.807, 2.05) is 0 Å². The molecule has 0 aromatic heterocycles. The summed E-state index contributed by atoms with van der Waals surface area (Å²) in [5.74, 6) is -0.313. The summed E-state index contributed by atoms with van der Waals surface area (Å²) in [6.45, 7) is 6.46. The van der Waals surface area contributed by atoms with Crippen molar-refractivity contribution in [3.63, 3.8) is 0 Å². The summed E-state index contributed by atoms with van der Waals surface area (Å²) in [6.07, 6.45) is 2.93. The predicted octanol–water partition coefficient (Wildman–Crippen LogP) is 4.00. The Bertz CT molecular complexity index is 550. The second-order valence-corrected chi connectivity index (χ2v) is 6.62. The van der Waals surface area contributed by atoms with Crippen molar-refractivity contribution in [3.8, 4) is 0 Å². The molecular weight excluding hydrogens is 280 g/mol. The maximum absolute atomic E-state index is 12.4. The Morgan fingerprint density at radius 2 is 1.82 bits per heavy atom. The molecule has 0 aliphatic heterocycles. The lowest BCUT2D eigenvalue weighted by atomic mass is 9.75. The number of carboxylic acids is 1. The van der Waals surface area contributed by atoms with Crippen LogP contribution in [0.15, 0.2) is 24.3 Å². The fraction of sp³-hybridized carbons (Fsp3) is 0.556. The number of hydrogen-bond acceptors (Lipinski definition) is 3. The van der Waals surface area contributed by atoms with Crippen LogP contribution in [0.2, 0.25) is 0 Å². The van der Waals surface area contributed by atoms with E-state index in [1.165, 1.54) is 12.1 Å². The summed E-state index contributed by atoms with van der Waals surface area (Å²) in [5.41, 5.74) is 0.133. The molecule has 0 saturated heterocycles. The van der Waals surface area contributed by atoms with Crippen LogP contribution in [0.3, 0.4) is 0 Å². The van der Waals surface area contributed by atoms with Crippen molar-refractivity contribution in [2.24, 2.45) is 17.8 Å². The standard InChI is InChI=1S/C18H24O4/c1-11(2)13-9-8-12(3)10-16(13)22-18(21)15-7-5-4-6-14(15)17(19)20/h4-7,11-13,16H,8-10H2,1-3H3,(H,19,20)/t12-,13+,16+/m1/s1. The highest BCUT2D eigenvalue weighted by atomic mass is 16.5. The molecule has 0 radical (unpaired) electrons. The number of esters is 1. The third kappa shape index (κ3) is 3.67. The van der Waals surface area contributed by atoms with Crippen LogP contribution >= 0.6 is 0 Å². The van der Waals surface area contributed by atoms with Crippen molar-refractivity contribution in [2.75, 3.05) is 0 Å². The average molecular weight is 304 g/mol. The Labute approximate surface area is 131 Å². The molecule has 0 amide bonds.